The SMILES string of the molecule is COc1cc(N2CCC(C)CC2)ccc1[N+](=O)[O-]. The van der Waals surface area contributed by atoms with Crippen LogP contribution in [0.2, 0.25) is 0 Å². The normalized spacial score (nSPS) is 16.7. The summed E-state index contributed by atoms with van der Waals surface area (Å²) >= 11 is 0. The zero-order chi connectivity index (χ0) is 13.1. The van der Waals surface area contributed by atoms with Crippen LogP contribution in [0.1, 0.15) is 19.8 Å². The maximum Gasteiger partial charge on any atom is 0.311 e. The highest BCUT2D eigenvalue weighted by atomic mass is 16.6. The van der Waals surface area contributed by atoms with Gasteiger partial charge in [-0.3, -0.25) is 10.1 Å². The summed E-state index contributed by atoms with van der Waals surface area (Å²) in [5.41, 5.74) is 1.02. The molecule has 1 aromatic carbocycles. The van der Waals surface area contributed by atoms with Gasteiger partial charge in [0.05, 0.1) is 12.0 Å². The number of nitro groups is 1. The van der Waals surface area contributed by atoms with Crippen molar-refractivity contribution in [2.45, 2.75) is 19.8 Å². The van der Waals surface area contributed by atoms with Gasteiger partial charge in [0.2, 0.25) is 0 Å². The standard InChI is InChI=1S/C13H18N2O3/c1-10-5-7-14(8-6-10)11-3-4-12(15(16)17)13(9-11)18-2/h3-4,9-10H,5-8H2,1-2H3. The summed E-state index contributed by atoms with van der Waals surface area (Å²) in [6, 6.07) is 5.08. The second-order valence-corrected chi connectivity index (χ2v) is 4.78. The summed E-state index contributed by atoms with van der Waals surface area (Å²) in [6.07, 6.45) is 2.33. The number of rotatable bonds is 3. The molecule has 0 amide bonds. The molecule has 5 nitrogen and oxygen atoms in total. The van der Waals surface area contributed by atoms with Crippen LogP contribution in [0, 0.1) is 16.0 Å². The molecule has 0 aromatic heterocycles. The number of benzene rings is 1. The Morgan fingerprint density at radius 3 is 2.61 bits per heavy atom. The molecular formula is C13H18N2O3. The number of nitrogens with zero attached hydrogens (tertiary/aromatic N) is 2. The summed E-state index contributed by atoms with van der Waals surface area (Å²) < 4.78 is 5.09. The number of hydrogen-bond acceptors (Lipinski definition) is 4. The molecule has 1 heterocycles. The molecule has 1 aliphatic rings. The molecular weight excluding hydrogens is 232 g/mol. The van der Waals surface area contributed by atoms with Crippen LogP contribution in [0.5, 0.6) is 5.75 Å². The van der Waals surface area contributed by atoms with Crippen LogP contribution in [-0.4, -0.2) is 25.1 Å². The van der Waals surface area contributed by atoms with Crippen LogP contribution in [0.15, 0.2) is 18.2 Å². The van der Waals surface area contributed by atoms with Crippen molar-refractivity contribution in [3.8, 4) is 5.75 Å². The van der Waals surface area contributed by atoms with Gasteiger partial charge in [0.1, 0.15) is 0 Å². The van der Waals surface area contributed by atoms with Crippen molar-refractivity contribution >= 4 is 11.4 Å². The molecule has 0 saturated carbocycles. The van der Waals surface area contributed by atoms with Crippen molar-refractivity contribution in [3.63, 3.8) is 0 Å². The van der Waals surface area contributed by atoms with E-state index in [0.717, 1.165) is 24.7 Å². The fourth-order valence-electron chi connectivity index (χ4n) is 2.28. The third kappa shape index (κ3) is 2.55. The van der Waals surface area contributed by atoms with Crippen LogP contribution in [0.4, 0.5) is 11.4 Å². The van der Waals surface area contributed by atoms with E-state index in [4.69, 9.17) is 4.74 Å². The lowest BCUT2D eigenvalue weighted by molar-refractivity contribution is -0.385. The zero-order valence-corrected chi connectivity index (χ0v) is 10.8. The number of piperidine rings is 1. The van der Waals surface area contributed by atoms with Gasteiger partial charge in [-0.1, -0.05) is 6.92 Å². The number of hydrogen-bond donors (Lipinski definition) is 0. The number of nitro benzene ring substituents is 1. The third-order valence-electron chi connectivity index (χ3n) is 3.51. The summed E-state index contributed by atoms with van der Waals surface area (Å²) in [5.74, 6) is 1.09. The van der Waals surface area contributed by atoms with Crippen LogP contribution in [0.25, 0.3) is 0 Å². The second-order valence-electron chi connectivity index (χ2n) is 4.78. The molecule has 18 heavy (non-hydrogen) atoms. The molecule has 1 aromatic rings. The van der Waals surface area contributed by atoms with Gasteiger partial charge in [0.15, 0.2) is 5.75 Å². The molecule has 0 unspecified atom stereocenters. The molecule has 0 spiro atoms. The van der Waals surface area contributed by atoms with E-state index in [-0.39, 0.29) is 5.69 Å². The summed E-state index contributed by atoms with van der Waals surface area (Å²) in [6.45, 7) is 4.26. The molecule has 2 rings (SSSR count). The Kier molecular flexibility index (Phi) is 3.69. The molecule has 1 aliphatic heterocycles. The van der Waals surface area contributed by atoms with E-state index < -0.39 is 4.92 Å². The molecule has 0 radical (unpaired) electrons. The predicted octanol–water partition coefficient (Wildman–Crippen LogP) is 2.84. The van der Waals surface area contributed by atoms with E-state index in [9.17, 15) is 10.1 Å². The molecule has 0 N–H and O–H groups in total. The van der Waals surface area contributed by atoms with Crippen molar-refractivity contribution in [2.75, 3.05) is 25.1 Å². The van der Waals surface area contributed by atoms with Crippen LogP contribution >= 0.6 is 0 Å². The second kappa shape index (κ2) is 5.25. The number of ether oxygens (including phenoxy) is 1. The lowest BCUT2D eigenvalue weighted by Crippen LogP contribution is -2.32. The van der Waals surface area contributed by atoms with E-state index in [1.54, 1.807) is 12.1 Å². The smallest absolute Gasteiger partial charge is 0.311 e. The first-order chi connectivity index (χ1) is 8.61. The molecule has 5 heteroatoms. The highest BCUT2D eigenvalue weighted by Gasteiger charge is 2.20. The van der Waals surface area contributed by atoms with Crippen LogP contribution in [-0.2, 0) is 0 Å². The highest BCUT2D eigenvalue weighted by Crippen LogP contribution is 2.32. The zero-order valence-electron chi connectivity index (χ0n) is 10.8. The Labute approximate surface area is 107 Å². The third-order valence-corrected chi connectivity index (χ3v) is 3.51. The monoisotopic (exact) mass is 250 g/mol. The Balaban J connectivity index is 2.22. The maximum absolute atomic E-state index is 10.8. The first-order valence-electron chi connectivity index (χ1n) is 6.19. The lowest BCUT2D eigenvalue weighted by atomic mass is 9.99. The van der Waals surface area contributed by atoms with E-state index in [1.165, 1.54) is 26.0 Å². The van der Waals surface area contributed by atoms with Gasteiger partial charge in [-0.2, -0.15) is 0 Å². The Hall–Kier alpha value is -1.78. The van der Waals surface area contributed by atoms with Crippen molar-refractivity contribution in [3.05, 3.63) is 28.3 Å². The number of methoxy groups -OCH3 is 1. The molecule has 98 valence electrons. The highest BCUT2D eigenvalue weighted by molar-refractivity contribution is 5.59. The molecule has 0 bridgehead atoms. The van der Waals surface area contributed by atoms with Crippen molar-refractivity contribution < 1.29 is 9.66 Å². The molecule has 1 saturated heterocycles. The summed E-state index contributed by atoms with van der Waals surface area (Å²) in [7, 11) is 1.46. The number of anilines is 1. The van der Waals surface area contributed by atoms with Crippen LogP contribution < -0.4 is 9.64 Å². The average molecular weight is 250 g/mol. The van der Waals surface area contributed by atoms with Gasteiger partial charge in [-0.15, -0.1) is 0 Å². The van der Waals surface area contributed by atoms with E-state index in [0.29, 0.717) is 5.75 Å². The minimum atomic E-state index is -0.416. The first-order valence-corrected chi connectivity index (χ1v) is 6.19. The van der Waals surface area contributed by atoms with E-state index >= 15 is 0 Å². The quantitative estimate of drug-likeness (QED) is 0.611. The first kappa shape index (κ1) is 12.7. The van der Waals surface area contributed by atoms with Crippen molar-refractivity contribution in [1.82, 2.24) is 0 Å². The average Bonchev–Trinajstić information content (AvgIpc) is 2.38. The van der Waals surface area contributed by atoms with E-state index in [1.807, 2.05) is 0 Å². The minimum absolute atomic E-state index is 0.0200. The van der Waals surface area contributed by atoms with Gasteiger partial charge in [0, 0.05) is 30.9 Å². The molecule has 0 aliphatic carbocycles. The van der Waals surface area contributed by atoms with Crippen molar-refractivity contribution in [1.29, 1.82) is 0 Å². The molecule has 0 atom stereocenters. The Morgan fingerprint density at radius 2 is 2.06 bits per heavy atom. The van der Waals surface area contributed by atoms with Gasteiger partial charge < -0.3 is 9.64 Å². The Morgan fingerprint density at radius 1 is 1.39 bits per heavy atom. The topological polar surface area (TPSA) is 55.6 Å². The van der Waals surface area contributed by atoms with Gasteiger partial charge in [-0.25, -0.2) is 0 Å². The fraction of sp³-hybridized carbons (Fsp3) is 0.538. The van der Waals surface area contributed by atoms with Gasteiger partial charge >= 0.3 is 5.69 Å². The summed E-state index contributed by atoms with van der Waals surface area (Å²) in [5, 5.41) is 10.8. The summed E-state index contributed by atoms with van der Waals surface area (Å²) in [4.78, 5) is 12.7. The van der Waals surface area contributed by atoms with Crippen molar-refractivity contribution in [2.24, 2.45) is 5.92 Å². The van der Waals surface area contributed by atoms with Gasteiger partial charge in [0.25, 0.3) is 0 Å². The van der Waals surface area contributed by atoms with E-state index in [2.05, 4.69) is 11.8 Å². The van der Waals surface area contributed by atoms with Crippen LogP contribution in [0.3, 0.4) is 0 Å². The predicted molar refractivity (Wildman–Crippen MR) is 70.3 cm³/mol. The Bertz CT molecular complexity index is 440. The van der Waals surface area contributed by atoms with Gasteiger partial charge in [-0.05, 0) is 24.8 Å². The molecule has 1 fully saturated rings. The largest absolute Gasteiger partial charge is 0.490 e. The lowest BCUT2D eigenvalue weighted by Gasteiger charge is -2.32. The maximum atomic E-state index is 10.8. The minimum Gasteiger partial charge on any atom is -0.490 e. The fourth-order valence-corrected chi connectivity index (χ4v) is 2.28.